The van der Waals surface area contributed by atoms with E-state index < -0.39 is 0 Å². The van der Waals surface area contributed by atoms with Crippen molar-refractivity contribution in [1.82, 2.24) is 15.2 Å². The van der Waals surface area contributed by atoms with Crippen LogP contribution >= 0.6 is 35.3 Å². The number of hydrogen-bond acceptors (Lipinski definition) is 5. The molecule has 0 aliphatic rings. The van der Waals surface area contributed by atoms with Gasteiger partial charge in [0, 0.05) is 26.0 Å². The SMILES string of the molecule is CN=C(NCc1ccc(OC)c(OC)c1)N(C)Cc1csc(C)n1.I. The quantitative estimate of drug-likeness (QED) is 0.394. The molecule has 0 radical (unpaired) electrons. The van der Waals surface area contributed by atoms with E-state index in [1.165, 1.54) is 0 Å². The standard InChI is InChI=1S/C17H24N4O2S.HI/c1-12-20-14(11-24-12)10-21(3)17(18-2)19-9-13-6-7-15(22-4)16(8-13)23-5;/h6-8,11H,9-10H2,1-5H3,(H,18,19);1H. The number of aryl methyl sites for hydroxylation is 1. The second-order valence-corrected chi connectivity index (χ2v) is 6.37. The second kappa shape index (κ2) is 10.4. The van der Waals surface area contributed by atoms with Crippen molar-refractivity contribution >= 4 is 41.3 Å². The molecule has 1 aromatic heterocycles. The van der Waals surface area contributed by atoms with Crippen LogP contribution in [0.25, 0.3) is 0 Å². The predicted molar refractivity (Wildman–Crippen MR) is 113 cm³/mol. The average molecular weight is 476 g/mol. The molecule has 2 rings (SSSR count). The fourth-order valence-electron chi connectivity index (χ4n) is 2.36. The maximum atomic E-state index is 5.34. The molecule has 2 aromatic rings. The first-order valence-corrected chi connectivity index (χ1v) is 8.49. The van der Waals surface area contributed by atoms with Crippen molar-refractivity contribution in [3.8, 4) is 11.5 Å². The lowest BCUT2D eigenvalue weighted by Crippen LogP contribution is -2.38. The molecule has 0 spiro atoms. The first-order valence-electron chi connectivity index (χ1n) is 7.61. The first kappa shape index (κ1) is 21.5. The molecule has 0 aliphatic heterocycles. The predicted octanol–water partition coefficient (Wildman–Crippen LogP) is 3.29. The Bertz CT molecular complexity index is 706. The Morgan fingerprint density at radius 3 is 2.56 bits per heavy atom. The summed E-state index contributed by atoms with van der Waals surface area (Å²) in [5.74, 6) is 2.26. The van der Waals surface area contributed by atoms with Gasteiger partial charge in [-0.15, -0.1) is 35.3 Å². The van der Waals surface area contributed by atoms with Gasteiger partial charge in [-0.1, -0.05) is 6.07 Å². The van der Waals surface area contributed by atoms with Crippen LogP contribution in [0.1, 0.15) is 16.3 Å². The maximum absolute atomic E-state index is 5.34. The van der Waals surface area contributed by atoms with Crippen LogP contribution in [0.15, 0.2) is 28.6 Å². The van der Waals surface area contributed by atoms with Gasteiger partial charge < -0.3 is 19.7 Å². The van der Waals surface area contributed by atoms with Crippen molar-refractivity contribution in [3.05, 3.63) is 39.8 Å². The Hall–Kier alpha value is -1.55. The Balaban J connectivity index is 0.00000312. The number of methoxy groups -OCH3 is 2. The topological polar surface area (TPSA) is 59.0 Å². The number of benzene rings is 1. The minimum Gasteiger partial charge on any atom is -0.493 e. The van der Waals surface area contributed by atoms with Crippen LogP contribution in [0.2, 0.25) is 0 Å². The van der Waals surface area contributed by atoms with E-state index in [0.717, 1.165) is 40.3 Å². The summed E-state index contributed by atoms with van der Waals surface area (Å²) in [6.45, 7) is 3.38. The van der Waals surface area contributed by atoms with E-state index in [9.17, 15) is 0 Å². The molecule has 0 amide bonds. The molecule has 138 valence electrons. The van der Waals surface area contributed by atoms with E-state index in [2.05, 4.69) is 25.6 Å². The van der Waals surface area contributed by atoms with Crippen LogP contribution in [-0.2, 0) is 13.1 Å². The molecular weight excluding hydrogens is 451 g/mol. The van der Waals surface area contributed by atoms with Gasteiger partial charge in [-0.2, -0.15) is 0 Å². The van der Waals surface area contributed by atoms with Gasteiger partial charge in [0.15, 0.2) is 17.5 Å². The number of ether oxygens (including phenoxy) is 2. The van der Waals surface area contributed by atoms with Crippen molar-refractivity contribution in [2.24, 2.45) is 4.99 Å². The van der Waals surface area contributed by atoms with Gasteiger partial charge >= 0.3 is 0 Å². The third-order valence-electron chi connectivity index (χ3n) is 3.54. The Labute approximate surface area is 170 Å². The summed E-state index contributed by atoms with van der Waals surface area (Å²) in [4.78, 5) is 10.9. The molecule has 0 unspecified atom stereocenters. The highest BCUT2D eigenvalue weighted by atomic mass is 127. The Morgan fingerprint density at radius 1 is 1.28 bits per heavy atom. The number of hydrogen-bond donors (Lipinski definition) is 1. The minimum absolute atomic E-state index is 0. The summed E-state index contributed by atoms with van der Waals surface area (Å²) >= 11 is 1.66. The number of thiazole rings is 1. The molecule has 0 saturated heterocycles. The van der Waals surface area contributed by atoms with Crippen molar-refractivity contribution in [1.29, 1.82) is 0 Å². The average Bonchev–Trinajstić information content (AvgIpc) is 2.99. The van der Waals surface area contributed by atoms with Gasteiger partial charge in [0.1, 0.15) is 0 Å². The molecule has 25 heavy (non-hydrogen) atoms. The highest BCUT2D eigenvalue weighted by Gasteiger charge is 2.10. The summed E-state index contributed by atoms with van der Waals surface area (Å²) < 4.78 is 10.6. The molecule has 1 aromatic carbocycles. The number of nitrogens with zero attached hydrogens (tertiary/aromatic N) is 3. The Kier molecular flexibility index (Phi) is 8.98. The van der Waals surface area contributed by atoms with Gasteiger partial charge in [-0.3, -0.25) is 4.99 Å². The number of halogens is 1. The van der Waals surface area contributed by atoms with Crippen molar-refractivity contribution in [2.75, 3.05) is 28.3 Å². The van der Waals surface area contributed by atoms with Crippen molar-refractivity contribution in [3.63, 3.8) is 0 Å². The zero-order valence-corrected chi connectivity index (χ0v) is 18.3. The largest absolute Gasteiger partial charge is 0.493 e. The summed E-state index contributed by atoms with van der Waals surface area (Å²) in [6, 6.07) is 5.87. The van der Waals surface area contributed by atoms with E-state index in [1.54, 1.807) is 32.6 Å². The molecule has 0 bridgehead atoms. The minimum atomic E-state index is 0. The maximum Gasteiger partial charge on any atom is 0.194 e. The molecule has 1 heterocycles. The summed E-state index contributed by atoms with van der Waals surface area (Å²) in [7, 11) is 7.04. The van der Waals surface area contributed by atoms with Gasteiger partial charge in [-0.25, -0.2) is 4.98 Å². The lowest BCUT2D eigenvalue weighted by atomic mass is 10.2. The van der Waals surface area contributed by atoms with Crippen LogP contribution in [0.4, 0.5) is 0 Å². The number of nitrogens with one attached hydrogen (secondary N) is 1. The summed E-state index contributed by atoms with van der Waals surface area (Å²) in [6.07, 6.45) is 0. The summed E-state index contributed by atoms with van der Waals surface area (Å²) in [5, 5.41) is 6.51. The van der Waals surface area contributed by atoms with E-state index in [0.29, 0.717) is 6.54 Å². The second-order valence-electron chi connectivity index (χ2n) is 5.30. The van der Waals surface area contributed by atoms with Crippen molar-refractivity contribution in [2.45, 2.75) is 20.0 Å². The third-order valence-corrected chi connectivity index (χ3v) is 4.36. The van der Waals surface area contributed by atoms with E-state index in [4.69, 9.17) is 9.47 Å². The van der Waals surface area contributed by atoms with Crippen LogP contribution in [0, 0.1) is 6.92 Å². The van der Waals surface area contributed by atoms with E-state index in [-0.39, 0.29) is 24.0 Å². The molecule has 0 aliphatic carbocycles. The fourth-order valence-corrected chi connectivity index (χ4v) is 2.96. The van der Waals surface area contributed by atoms with Gasteiger partial charge in [0.05, 0.1) is 31.5 Å². The van der Waals surface area contributed by atoms with E-state index in [1.807, 2.05) is 32.2 Å². The smallest absolute Gasteiger partial charge is 0.194 e. The lowest BCUT2D eigenvalue weighted by Gasteiger charge is -2.21. The number of aliphatic imine (C=N–C) groups is 1. The monoisotopic (exact) mass is 476 g/mol. The zero-order valence-electron chi connectivity index (χ0n) is 15.2. The van der Waals surface area contributed by atoms with Gasteiger partial charge in [0.25, 0.3) is 0 Å². The molecule has 6 nitrogen and oxygen atoms in total. The van der Waals surface area contributed by atoms with Gasteiger partial charge in [-0.05, 0) is 24.6 Å². The Morgan fingerprint density at radius 2 is 2.00 bits per heavy atom. The fraction of sp³-hybridized carbons (Fsp3) is 0.412. The lowest BCUT2D eigenvalue weighted by molar-refractivity contribution is 0.354. The highest BCUT2D eigenvalue weighted by Crippen LogP contribution is 2.27. The third kappa shape index (κ3) is 6.03. The van der Waals surface area contributed by atoms with Crippen molar-refractivity contribution < 1.29 is 9.47 Å². The number of aromatic nitrogens is 1. The van der Waals surface area contributed by atoms with Crippen LogP contribution in [0.3, 0.4) is 0 Å². The van der Waals surface area contributed by atoms with Crippen LogP contribution in [0.5, 0.6) is 11.5 Å². The molecule has 1 N–H and O–H groups in total. The molecular formula is C17H25IN4O2S. The molecule has 0 atom stereocenters. The first-order chi connectivity index (χ1) is 11.6. The molecule has 0 saturated carbocycles. The number of rotatable bonds is 6. The van der Waals surface area contributed by atoms with E-state index >= 15 is 0 Å². The number of guanidine groups is 1. The highest BCUT2D eigenvalue weighted by molar-refractivity contribution is 14.0. The van der Waals surface area contributed by atoms with Crippen LogP contribution in [-0.4, -0.2) is 44.2 Å². The zero-order chi connectivity index (χ0) is 17.5. The molecule has 8 heteroatoms. The van der Waals surface area contributed by atoms with Crippen LogP contribution < -0.4 is 14.8 Å². The summed E-state index contributed by atoms with van der Waals surface area (Å²) in [5.41, 5.74) is 2.14. The normalized spacial score (nSPS) is 10.8. The van der Waals surface area contributed by atoms with Gasteiger partial charge in [0.2, 0.25) is 0 Å². The molecule has 0 fully saturated rings.